The molecule has 0 aromatic rings. The Morgan fingerprint density at radius 2 is 2.25 bits per heavy atom. The summed E-state index contributed by atoms with van der Waals surface area (Å²) in [6.45, 7) is 7.05. The molecule has 0 spiro atoms. The highest BCUT2D eigenvalue weighted by Crippen LogP contribution is 1.91. The number of nitrogens with zero attached hydrogens (tertiary/aromatic N) is 2. The molecular formula is C9H18N3. The van der Waals surface area contributed by atoms with Crippen molar-refractivity contribution in [3.8, 4) is 0 Å². The van der Waals surface area contributed by atoms with E-state index in [4.69, 9.17) is 5.73 Å². The third-order valence-electron chi connectivity index (χ3n) is 1.42. The lowest BCUT2D eigenvalue weighted by Gasteiger charge is -1.99. The summed E-state index contributed by atoms with van der Waals surface area (Å²) in [5.41, 5.74) is 5.48. The number of rotatable bonds is 6. The fourth-order valence-corrected chi connectivity index (χ4v) is 0.763. The normalized spacial score (nSPS) is 11.2. The summed E-state index contributed by atoms with van der Waals surface area (Å²) in [5, 5.41) is 4.08. The lowest BCUT2D eigenvalue weighted by atomic mass is 10.2. The highest BCUT2D eigenvalue weighted by atomic mass is 15.1. The number of aliphatic imine (C=N–C) groups is 1. The van der Waals surface area contributed by atoms with Crippen LogP contribution in [0.25, 0.3) is 0 Å². The second kappa shape index (κ2) is 8.11. The van der Waals surface area contributed by atoms with E-state index in [1.807, 2.05) is 0 Å². The van der Waals surface area contributed by atoms with Crippen LogP contribution in [-0.4, -0.2) is 19.0 Å². The molecule has 0 fully saturated rings. The Morgan fingerprint density at radius 1 is 1.50 bits per heavy atom. The van der Waals surface area contributed by atoms with Crippen LogP contribution in [0.15, 0.2) is 17.6 Å². The fraction of sp³-hybridized carbons (Fsp3) is 0.667. The predicted octanol–water partition coefficient (Wildman–Crippen LogP) is 1.28. The molecule has 1 radical (unpaired) electrons. The lowest BCUT2D eigenvalue weighted by molar-refractivity contribution is 0.688. The molecule has 0 atom stereocenters. The molecule has 3 heteroatoms. The van der Waals surface area contributed by atoms with Gasteiger partial charge >= 0.3 is 0 Å². The summed E-state index contributed by atoms with van der Waals surface area (Å²) >= 11 is 0. The smallest absolute Gasteiger partial charge is 0.210 e. The van der Waals surface area contributed by atoms with Crippen LogP contribution in [-0.2, 0) is 0 Å². The molecule has 0 aliphatic heterocycles. The molecule has 12 heavy (non-hydrogen) atoms. The minimum atomic E-state index is 0.394. The van der Waals surface area contributed by atoms with Gasteiger partial charge in [0, 0.05) is 6.54 Å². The molecule has 0 saturated heterocycles. The fourth-order valence-electron chi connectivity index (χ4n) is 0.763. The van der Waals surface area contributed by atoms with Crippen molar-refractivity contribution in [3.05, 3.63) is 12.7 Å². The molecule has 3 nitrogen and oxygen atoms in total. The number of hydrogen-bond donors (Lipinski definition) is 1. The SMILES string of the molecule is C=CCN=C(N)[N]CCCCC. The largest absolute Gasteiger partial charge is 0.368 e. The van der Waals surface area contributed by atoms with Gasteiger partial charge in [0.25, 0.3) is 0 Å². The summed E-state index contributed by atoms with van der Waals surface area (Å²) < 4.78 is 0. The highest BCUT2D eigenvalue weighted by molar-refractivity contribution is 5.77. The Kier molecular flexibility index (Phi) is 7.44. The molecule has 0 aliphatic rings. The first-order chi connectivity index (χ1) is 5.81. The molecule has 0 bridgehead atoms. The highest BCUT2D eigenvalue weighted by Gasteiger charge is 1.91. The molecule has 0 aromatic heterocycles. The second-order valence-corrected chi connectivity index (χ2v) is 2.58. The number of hydrogen-bond acceptors (Lipinski definition) is 1. The van der Waals surface area contributed by atoms with Crippen LogP contribution in [0.1, 0.15) is 26.2 Å². The standard InChI is InChI=1S/C9H18N3/c1-3-5-6-8-12-9(10)11-7-4-2/h4H,2-3,5-8H2,1H3,(H2,10,11). The number of guanidine groups is 1. The maximum atomic E-state index is 5.48. The number of nitrogens with two attached hydrogens (primary N) is 1. The monoisotopic (exact) mass is 168 g/mol. The summed E-state index contributed by atoms with van der Waals surface area (Å²) in [7, 11) is 0. The minimum Gasteiger partial charge on any atom is -0.368 e. The van der Waals surface area contributed by atoms with Gasteiger partial charge in [-0.25, -0.2) is 4.99 Å². The topological polar surface area (TPSA) is 52.5 Å². The van der Waals surface area contributed by atoms with Gasteiger partial charge in [-0.1, -0.05) is 25.8 Å². The van der Waals surface area contributed by atoms with Crippen molar-refractivity contribution in [2.75, 3.05) is 13.1 Å². The van der Waals surface area contributed by atoms with Crippen molar-refractivity contribution in [3.63, 3.8) is 0 Å². The van der Waals surface area contributed by atoms with Gasteiger partial charge in [-0.3, -0.25) is 5.32 Å². The van der Waals surface area contributed by atoms with Gasteiger partial charge < -0.3 is 5.73 Å². The molecule has 0 unspecified atom stereocenters. The van der Waals surface area contributed by atoms with E-state index in [0.717, 1.165) is 13.0 Å². The van der Waals surface area contributed by atoms with Crippen LogP contribution in [0.4, 0.5) is 0 Å². The zero-order valence-electron chi connectivity index (χ0n) is 7.79. The van der Waals surface area contributed by atoms with Crippen LogP contribution in [0.5, 0.6) is 0 Å². The van der Waals surface area contributed by atoms with Crippen LogP contribution in [0, 0.1) is 0 Å². The average molecular weight is 168 g/mol. The van der Waals surface area contributed by atoms with Crippen molar-refractivity contribution in [1.82, 2.24) is 5.32 Å². The van der Waals surface area contributed by atoms with E-state index < -0.39 is 0 Å². The van der Waals surface area contributed by atoms with Gasteiger partial charge in [-0.15, -0.1) is 6.58 Å². The minimum absolute atomic E-state index is 0.394. The first-order valence-corrected chi connectivity index (χ1v) is 4.39. The Bertz CT molecular complexity index is 141. The van der Waals surface area contributed by atoms with Crippen LogP contribution in [0.3, 0.4) is 0 Å². The Hall–Kier alpha value is -0.990. The van der Waals surface area contributed by atoms with Gasteiger partial charge in [0.2, 0.25) is 5.96 Å². The van der Waals surface area contributed by atoms with Gasteiger partial charge in [-0.05, 0) is 6.42 Å². The lowest BCUT2D eigenvalue weighted by Crippen LogP contribution is -2.26. The summed E-state index contributed by atoms with van der Waals surface area (Å²) in [6, 6.07) is 0. The van der Waals surface area contributed by atoms with Crippen molar-refractivity contribution in [2.45, 2.75) is 26.2 Å². The first kappa shape index (κ1) is 11.0. The van der Waals surface area contributed by atoms with E-state index in [1.165, 1.54) is 12.8 Å². The third kappa shape index (κ3) is 7.12. The van der Waals surface area contributed by atoms with Crippen molar-refractivity contribution < 1.29 is 0 Å². The average Bonchev–Trinajstić information content (AvgIpc) is 2.09. The molecule has 0 heterocycles. The van der Waals surface area contributed by atoms with E-state index in [-0.39, 0.29) is 0 Å². The van der Waals surface area contributed by atoms with Crippen LogP contribution in [0.2, 0.25) is 0 Å². The molecule has 0 amide bonds. The summed E-state index contributed by atoms with van der Waals surface area (Å²) in [6.07, 6.45) is 5.21. The molecular weight excluding hydrogens is 150 g/mol. The zero-order valence-corrected chi connectivity index (χ0v) is 7.79. The Labute approximate surface area is 74.8 Å². The molecule has 0 rings (SSSR count). The van der Waals surface area contributed by atoms with Gasteiger partial charge in [-0.2, -0.15) is 0 Å². The molecule has 0 saturated carbocycles. The van der Waals surface area contributed by atoms with E-state index in [0.29, 0.717) is 12.5 Å². The van der Waals surface area contributed by atoms with Crippen molar-refractivity contribution in [2.24, 2.45) is 10.7 Å². The molecule has 69 valence electrons. The summed E-state index contributed by atoms with van der Waals surface area (Å²) in [4.78, 5) is 3.95. The van der Waals surface area contributed by atoms with Gasteiger partial charge in [0.1, 0.15) is 0 Å². The molecule has 2 N–H and O–H groups in total. The van der Waals surface area contributed by atoms with E-state index >= 15 is 0 Å². The maximum Gasteiger partial charge on any atom is 0.210 e. The number of unbranched alkanes of at least 4 members (excludes halogenated alkanes) is 2. The predicted molar refractivity (Wildman–Crippen MR) is 53.2 cm³/mol. The third-order valence-corrected chi connectivity index (χ3v) is 1.42. The zero-order chi connectivity index (χ0) is 9.23. The summed E-state index contributed by atoms with van der Waals surface area (Å²) in [5.74, 6) is 0.394. The van der Waals surface area contributed by atoms with E-state index in [1.54, 1.807) is 6.08 Å². The Balaban J connectivity index is 3.29. The van der Waals surface area contributed by atoms with Crippen LogP contribution < -0.4 is 11.1 Å². The second-order valence-electron chi connectivity index (χ2n) is 2.58. The first-order valence-electron chi connectivity index (χ1n) is 4.39. The van der Waals surface area contributed by atoms with Gasteiger partial charge in [0.05, 0.1) is 6.54 Å². The van der Waals surface area contributed by atoms with E-state index in [9.17, 15) is 0 Å². The van der Waals surface area contributed by atoms with Crippen LogP contribution >= 0.6 is 0 Å². The van der Waals surface area contributed by atoms with Crippen molar-refractivity contribution in [1.29, 1.82) is 0 Å². The Morgan fingerprint density at radius 3 is 2.83 bits per heavy atom. The maximum absolute atomic E-state index is 5.48. The van der Waals surface area contributed by atoms with Gasteiger partial charge in [0.15, 0.2) is 0 Å². The van der Waals surface area contributed by atoms with E-state index in [2.05, 4.69) is 23.8 Å². The van der Waals surface area contributed by atoms with Crippen molar-refractivity contribution >= 4 is 5.96 Å². The molecule has 0 aliphatic carbocycles. The molecule has 0 aromatic carbocycles. The quantitative estimate of drug-likeness (QED) is 0.276.